The Hall–Kier alpha value is -4.18. The van der Waals surface area contributed by atoms with Gasteiger partial charge in [-0.25, -0.2) is 17.7 Å². The molecule has 0 spiro atoms. The molecule has 3 aromatic rings. The minimum Gasteiger partial charge on any atom is -0.387 e. The lowest BCUT2D eigenvalue weighted by molar-refractivity contribution is -0.135. The first-order valence-electron chi connectivity index (χ1n) is 13.7. The summed E-state index contributed by atoms with van der Waals surface area (Å²) in [5.41, 5.74) is 0.726. The van der Waals surface area contributed by atoms with Crippen molar-refractivity contribution >= 4 is 23.0 Å². The largest absolute Gasteiger partial charge is 0.387 e. The number of carbonyl (C=O) groups excluding carboxylic acids is 2. The minimum atomic E-state index is -2.91. The molecule has 3 heterocycles. The summed E-state index contributed by atoms with van der Waals surface area (Å²) in [7, 11) is 0. The van der Waals surface area contributed by atoms with Crippen LogP contribution in [0, 0.1) is 22.7 Å². The van der Waals surface area contributed by atoms with E-state index >= 15 is 0 Å². The smallest absolute Gasteiger partial charge is 0.260 e. The lowest BCUT2D eigenvalue weighted by atomic mass is 9.39. The van der Waals surface area contributed by atoms with Crippen molar-refractivity contribution in [2.75, 3.05) is 18.4 Å². The molecule has 0 radical (unpaired) electrons. The van der Waals surface area contributed by atoms with E-state index in [0.29, 0.717) is 54.0 Å². The van der Waals surface area contributed by atoms with Gasteiger partial charge in [-0.1, -0.05) is 0 Å². The molecule has 0 aromatic carbocycles. The summed E-state index contributed by atoms with van der Waals surface area (Å²) in [5, 5.41) is 32.1. The van der Waals surface area contributed by atoms with Gasteiger partial charge in [0.25, 0.3) is 11.8 Å². The monoisotopic (exact) mass is 581 g/mol. The molecule has 0 aliphatic heterocycles. The van der Waals surface area contributed by atoms with Crippen LogP contribution in [0.5, 0.6) is 0 Å². The molecule has 4 fully saturated rings. The maximum absolute atomic E-state index is 14.4. The van der Waals surface area contributed by atoms with Crippen LogP contribution in [0.3, 0.4) is 0 Å². The molecule has 13 heteroatoms. The number of pyridine rings is 1. The van der Waals surface area contributed by atoms with Crippen LogP contribution in [-0.4, -0.2) is 67.8 Å². The van der Waals surface area contributed by atoms with E-state index in [2.05, 4.69) is 32.1 Å². The van der Waals surface area contributed by atoms with Gasteiger partial charge in [0.1, 0.15) is 18.2 Å². The number of halogens is 3. The summed E-state index contributed by atoms with van der Waals surface area (Å²) in [6.07, 6.45) is 2.78. The van der Waals surface area contributed by atoms with Gasteiger partial charge in [0.05, 0.1) is 52.1 Å². The molecular weight excluding hydrogens is 551 g/mol. The molecule has 220 valence electrons. The predicted octanol–water partition coefficient (Wildman–Crippen LogP) is 3.21. The van der Waals surface area contributed by atoms with Crippen LogP contribution in [0.4, 0.5) is 18.9 Å². The van der Waals surface area contributed by atoms with E-state index in [4.69, 9.17) is 0 Å². The molecule has 10 nitrogen and oxygen atoms in total. The fraction of sp³-hybridized carbons (Fsp3) is 0.483. The topological polar surface area (TPSA) is 144 Å². The second kappa shape index (κ2) is 9.42. The Morgan fingerprint density at radius 3 is 2.57 bits per heavy atom. The van der Waals surface area contributed by atoms with E-state index in [9.17, 15) is 33.1 Å². The van der Waals surface area contributed by atoms with Crippen LogP contribution in [-0.2, 0) is 4.79 Å². The van der Waals surface area contributed by atoms with Crippen molar-refractivity contribution in [3.8, 4) is 17.5 Å². The number of alkyl halides is 3. The quantitative estimate of drug-likeness (QED) is 0.288. The summed E-state index contributed by atoms with van der Waals surface area (Å²) in [6.45, 7) is 2.56. The second-order valence-corrected chi connectivity index (χ2v) is 12.5. The molecule has 4 aliphatic rings. The molecule has 2 bridgehead atoms. The zero-order chi connectivity index (χ0) is 30.1. The van der Waals surface area contributed by atoms with Gasteiger partial charge in [-0.15, -0.1) is 0 Å². The molecule has 2 atom stereocenters. The van der Waals surface area contributed by atoms with Gasteiger partial charge in [0.15, 0.2) is 0 Å². The third-order valence-corrected chi connectivity index (χ3v) is 8.57. The van der Waals surface area contributed by atoms with Gasteiger partial charge in [0.2, 0.25) is 5.91 Å². The van der Waals surface area contributed by atoms with E-state index < -0.39 is 48.4 Å². The summed E-state index contributed by atoms with van der Waals surface area (Å²) in [4.78, 5) is 29.7. The average molecular weight is 582 g/mol. The molecule has 4 saturated carbocycles. The Kier molecular flexibility index (Phi) is 6.27. The van der Waals surface area contributed by atoms with Crippen LogP contribution in [0.25, 0.3) is 16.9 Å². The van der Waals surface area contributed by atoms with Gasteiger partial charge in [-0.2, -0.15) is 10.4 Å². The highest BCUT2D eigenvalue weighted by Gasteiger charge is 2.68. The molecule has 3 aromatic heterocycles. The average Bonchev–Trinajstić information content (AvgIpc) is 3.34. The van der Waals surface area contributed by atoms with Gasteiger partial charge >= 0.3 is 0 Å². The van der Waals surface area contributed by atoms with E-state index in [0.717, 1.165) is 0 Å². The van der Waals surface area contributed by atoms with Crippen LogP contribution >= 0.6 is 0 Å². The van der Waals surface area contributed by atoms with Crippen molar-refractivity contribution in [3.63, 3.8) is 0 Å². The van der Waals surface area contributed by atoms with Crippen molar-refractivity contribution in [2.24, 2.45) is 11.3 Å². The van der Waals surface area contributed by atoms with Gasteiger partial charge in [0, 0.05) is 24.7 Å². The van der Waals surface area contributed by atoms with E-state index in [-0.39, 0.29) is 16.5 Å². The lowest BCUT2D eigenvalue weighted by Gasteiger charge is -2.71. The molecule has 1 unspecified atom stereocenters. The summed E-state index contributed by atoms with van der Waals surface area (Å²) in [5.74, 6) is -5.33. The Labute approximate surface area is 239 Å². The Morgan fingerprint density at radius 2 is 1.93 bits per heavy atom. The molecule has 4 aliphatic carbocycles. The number of amides is 2. The van der Waals surface area contributed by atoms with E-state index in [1.54, 1.807) is 28.8 Å². The first kappa shape index (κ1) is 28.0. The Morgan fingerprint density at radius 1 is 1.21 bits per heavy atom. The standard InChI is InChI=1S/C29H30F3N7O3/c1-26(2,42)23(30)11-35-24(40)18-10-34-21(22-4-3-17-5-16(8-33)9-37-39(17)22)6-20(18)38-28-12-27(13-28,14-28)15-36-25(41)19-7-29(19,31)32/h3-6,9-10,19,23,42H,7,11-15H2,1-2H3,(H,34,38)(H,35,40)(H,36,41)/t19-,23?,27?,28?/m1/s1. The van der Waals surface area contributed by atoms with E-state index in [1.165, 1.54) is 26.2 Å². The molecule has 7 rings (SSSR count). The van der Waals surface area contributed by atoms with Crippen molar-refractivity contribution in [2.45, 2.75) is 62.8 Å². The maximum Gasteiger partial charge on any atom is 0.260 e. The van der Waals surface area contributed by atoms with Crippen LogP contribution < -0.4 is 16.0 Å². The van der Waals surface area contributed by atoms with Gasteiger partial charge < -0.3 is 21.1 Å². The van der Waals surface area contributed by atoms with Crippen LogP contribution in [0.2, 0.25) is 0 Å². The Balaban J connectivity index is 1.21. The lowest BCUT2D eigenvalue weighted by Crippen LogP contribution is -2.73. The SMILES string of the molecule is CC(C)(O)C(F)CNC(=O)c1cnc(-c2ccc3cc(C#N)cnn23)cc1NC12CC(CNC(=O)[C@H]3CC3(F)F)(C1)C2. The second-order valence-electron chi connectivity index (χ2n) is 12.5. The third-order valence-electron chi connectivity index (χ3n) is 8.57. The Bertz CT molecular complexity index is 1620. The van der Waals surface area contributed by atoms with Crippen molar-refractivity contribution in [3.05, 3.63) is 47.8 Å². The number of aliphatic hydroxyl groups is 1. The zero-order valence-electron chi connectivity index (χ0n) is 23.0. The first-order valence-corrected chi connectivity index (χ1v) is 13.7. The molecule has 0 saturated heterocycles. The summed E-state index contributed by atoms with van der Waals surface area (Å²) in [6, 6.07) is 9.06. The van der Waals surface area contributed by atoms with Crippen molar-refractivity contribution in [1.82, 2.24) is 25.2 Å². The molecular formula is C29H30F3N7O3. The van der Waals surface area contributed by atoms with Crippen LogP contribution in [0.15, 0.2) is 36.7 Å². The number of hydrogen-bond acceptors (Lipinski definition) is 7. The zero-order valence-corrected chi connectivity index (χ0v) is 23.0. The van der Waals surface area contributed by atoms with Crippen molar-refractivity contribution < 1.29 is 27.9 Å². The van der Waals surface area contributed by atoms with Crippen LogP contribution in [0.1, 0.15) is 55.5 Å². The maximum atomic E-state index is 14.4. The molecule has 42 heavy (non-hydrogen) atoms. The summed E-state index contributed by atoms with van der Waals surface area (Å²) >= 11 is 0. The third kappa shape index (κ3) is 4.93. The number of rotatable bonds is 10. The number of hydrogen-bond donors (Lipinski definition) is 4. The fourth-order valence-electron chi connectivity index (χ4n) is 6.16. The summed E-state index contributed by atoms with van der Waals surface area (Å²) < 4.78 is 42.4. The normalized spacial score (nSPS) is 25.9. The number of carbonyl (C=O) groups is 2. The highest BCUT2D eigenvalue weighted by atomic mass is 19.3. The number of aromatic nitrogens is 3. The van der Waals surface area contributed by atoms with Gasteiger partial charge in [-0.05, 0) is 62.8 Å². The number of anilines is 1. The molecule has 2 amide bonds. The highest BCUT2D eigenvalue weighted by Crippen LogP contribution is 2.68. The number of nitrogens with zero attached hydrogens (tertiary/aromatic N) is 4. The number of nitrogens with one attached hydrogen (secondary N) is 3. The molecule has 4 N–H and O–H groups in total. The van der Waals surface area contributed by atoms with E-state index in [1.807, 2.05) is 0 Å². The number of fused-ring (bicyclic) bond motifs is 1. The highest BCUT2D eigenvalue weighted by molar-refractivity contribution is 6.00. The fourth-order valence-corrected chi connectivity index (χ4v) is 6.16. The first-order chi connectivity index (χ1) is 19.7. The van der Waals surface area contributed by atoms with Crippen molar-refractivity contribution in [1.29, 1.82) is 5.26 Å². The number of nitriles is 1. The minimum absolute atomic E-state index is 0.181. The predicted molar refractivity (Wildman–Crippen MR) is 145 cm³/mol. The van der Waals surface area contributed by atoms with Gasteiger partial charge in [-0.3, -0.25) is 14.6 Å².